The lowest BCUT2D eigenvalue weighted by atomic mass is 10.2. The lowest BCUT2D eigenvalue weighted by Crippen LogP contribution is -2.18. The van der Waals surface area contributed by atoms with Gasteiger partial charge in [0.05, 0.1) is 13.2 Å². The highest BCUT2D eigenvalue weighted by Gasteiger charge is 2.08. The second kappa shape index (κ2) is 7.75. The normalized spacial score (nSPS) is 10.6. The van der Waals surface area contributed by atoms with E-state index in [-0.39, 0.29) is 12.5 Å². The van der Waals surface area contributed by atoms with Crippen molar-refractivity contribution in [3.05, 3.63) is 54.7 Å². The van der Waals surface area contributed by atoms with E-state index in [0.717, 1.165) is 28.1 Å². The largest absolute Gasteiger partial charge is 0.494 e. The van der Waals surface area contributed by atoms with Crippen LogP contribution in [0.2, 0.25) is 0 Å². The average molecular weight is 338 g/mol. The summed E-state index contributed by atoms with van der Waals surface area (Å²) in [7, 11) is 0. The SMILES string of the molecule is CCOc1ccc(NC(=O)Cn2ccc3cc(OCC)ccc32)cc1. The monoisotopic (exact) mass is 338 g/mol. The van der Waals surface area contributed by atoms with Crippen LogP contribution in [-0.2, 0) is 11.3 Å². The minimum atomic E-state index is -0.0736. The van der Waals surface area contributed by atoms with Crippen molar-refractivity contribution in [1.29, 1.82) is 0 Å². The van der Waals surface area contributed by atoms with Gasteiger partial charge >= 0.3 is 0 Å². The van der Waals surface area contributed by atoms with Gasteiger partial charge in [-0.3, -0.25) is 4.79 Å². The first-order valence-electron chi connectivity index (χ1n) is 8.44. The first-order chi connectivity index (χ1) is 12.2. The highest BCUT2D eigenvalue weighted by molar-refractivity contribution is 5.92. The molecule has 0 saturated heterocycles. The van der Waals surface area contributed by atoms with Gasteiger partial charge in [-0.1, -0.05) is 0 Å². The molecule has 3 rings (SSSR count). The molecule has 0 fully saturated rings. The molecule has 5 nitrogen and oxygen atoms in total. The van der Waals surface area contributed by atoms with Crippen LogP contribution >= 0.6 is 0 Å². The zero-order valence-corrected chi connectivity index (χ0v) is 14.5. The minimum absolute atomic E-state index is 0.0736. The van der Waals surface area contributed by atoms with Crippen molar-refractivity contribution in [3.63, 3.8) is 0 Å². The Morgan fingerprint density at radius 3 is 2.36 bits per heavy atom. The van der Waals surface area contributed by atoms with Gasteiger partial charge in [0.15, 0.2) is 0 Å². The van der Waals surface area contributed by atoms with Gasteiger partial charge in [0, 0.05) is 22.8 Å². The van der Waals surface area contributed by atoms with Crippen molar-refractivity contribution in [2.24, 2.45) is 0 Å². The van der Waals surface area contributed by atoms with Crippen LogP contribution in [0.1, 0.15) is 13.8 Å². The number of carbonyl (C=O) groups excluding carboxylic acids is 1. The Hall–Kier alpha value is -2.95. The van der Waals surface area contributed by atoms with Gasteiger partial charge in [-0.2, -0.15) is 0 Å². The van der Waals surface area contributed by atoms with Gasteiger partial charge in [0.25, 0.3) is 0 Å². The number of nitrogens with one attached hydrogen (secondary N) is 1. The van der Waals surface area contributed by atoms with Gasteiger partial charge in [-0.15, -0.1) is 0 Å². The first kappa shape index (κ1) is 16.9. The smallest absolute Gasteiger partial charge is 0.244 e. The molecule has 130 valence electrons. The summed E-state index contributed by atoms with van der Waals surface area (Å²) in [4.78, 5) is 12.3. The summed E-state index contributed by atoms with van der Waals surface area (Å²) in [6.07, 6.45) is 1.91. The fourth-order valence-corrected chi connectivity index (χ4v) is 2.73. The molecular formula is C20H22N2O3. The molecule has 1 aromatic heterocycles. The Kier molecular flexibility index (Phi) is 5.23. The van der Waals surface area contributed by atoms with E-state index in [1.807, 2.05) is 73.1 Å². The molecule has 0 radical (unpaired) electrons. The maximum absolute atomic E-state index is 12.3. The molecule has 0 aliphatic rings. The molecule has 0 bridgehead atoms. The number of amides is 1. The standard InChI is InChI=1S/C20H22N2O3/c1-3-24-17-7-5-16(6-8-17)21-20(23)14-22-12-11-15-13-18(25-4-2)9-10-19(15)22/h5-13H,3-4,14H2,1-2H3,(H,21,23). The zero-order chi connectivity index (χ0) is 17.6. The molecule has 0 aliphatic carbocycles. The fraction of sp³-hybridized carbons (Fsp3) is 0.250. The van der Waals surface area contributed by atoms with Crippen molar-refractivity contribution in [2.75, 3.05) is 18.5 Å². The number of hydrogen-bond donors (Lipinski definition) is 1. The number of ether oxygens (including phenoxy) is 2. The van der Waals surface area contributed by atoms with Crippen LogP contribution < -0.4 is 14.8 Å². The lowest BCUT2D eigenvalue weighted by molar-refractivity contribution is -0.116. The fourth-order valence-electron chi connectivity index (χ4n) is 2.73. The van der Waals surface area contributed by atoms with Crippen molar-refractivity contribution in [3.8, 4) is 11.5 Å². The molecular weight excluding hydrogens is 316 g/mol. The van der Waals surface area contributed by atoms with E-state index in [1.165, 1.54) is 0 Å². The Balaban J connectivity index is 1.67. The van der Waals surface area contributed by atoms with Crippen LogP contribution in [0.3, 0.4) is 0 Å². The van der Waals surface area contributed by atoms with E-state index >= 15 is 0 Å². The summed E-state index contributed by atoms with van der Waals surface area (Å²) in [5, 5.41) is 3.96. The number of aromatic nitrogens is 1. The Bertz CT molecular complexity index is 853. The van der Waals surface area contributed by atoms with Gasteiger partial charge in [0.2, 0.25) is 5.91 Å². The summed E-state index contributed by atoms with van der Waals surface area (Å²) < 4.78 is 12.8. The Morgan fingerprint density at radius 1 is 0.960 bits per heavy atom. The number of hydrogen-bond acceptors (Lipinski definition) is 3. The van der Waals surface area contributed by atoms with E-state index in [0.29, 0.717) is 13.2 Å². The molecule has 1 amide bonds. The van der Waals surface area contributed by atoms with E-state index in [9.17, 15) is 4.79 Å². The van der Waals surface area contributed by atoms with Gasteiger partial charge in [0.1, 0.15) is 18.0 Å². The van der Waals surface area contributed by atoms with Crippen molar-refractivity contribution >= 4 is 22.5 Å². The summed E-state index contributed by atoms with van der Waals surface area (Å²) in [5.74, 6) is 1.56. The van der Waals surface area contributed by atoms with Gasteiger partial charge in [-0.25, -0.2) is 0 Å². The van der Waals surface area contributed by atoms with E-state index < -0.39 is 0 Å². The predicted molar refractivity (Wildman–Crippen MR) is 99.3 cm³/mol. The molecule has 0 atom stereocenters. The second-order valence-electron chi connectivity index (χ2n) is 5.60. The highest BCUT2D eigenvalue weighted by Crippen LogP contribution is 2.22. The highest BCUT2D eigenvalue weighted by atomic mass is 16.5. The quantitative estimate of drug-likeness (QED) is 0.706. The summed E-state index contributed by atoms with van der Waals surface area (Å²) in [6, 6.07) is 15.2. The first-order valence-corrected chi connectivity index (χ1v) is 8.44. The molecule has 1 heterocycles. The number of benzene rings is 2. The van der Waals surface area contributed by atoms with Gasteiger partial charge in [-0.05, 0) is 62.4 Å². The third-order valence-corrected chi connectivity index (χ3v) is 3.82. The average Bonchev–Trinajstić information content (AvgIpc) is 2.99. The number of rotatable bonds is 7. The van der Waals surface area contributed by atoms with Crippen LogP contribution in [-0.4, -0.2) is 23.7 Å². The van der Waals surface area contributed by atoms with Crippen LogP contribution in [0.5, 0.6) is 11.5 Å². The molecule has 1 N–H and O–H groups in total. The van der Waals surface area contributed by atoms with Crippen LogP contribution in [0.15, 0.2) is 54.7 Å². The maximum Gasteiger partial charge on any atom is 0.244 e. The number of anilines is 1. The van der Waals surface area contributed by atoms with E-state index in [2.05, 4.69) is 5.32 Å². The van der Waals surface area contributed by atoms with Crippen LogP contribution in [0.4, 0.5) is 5.69 Å². The minimum Gasteiger partial charge on any atom is -0.494 e. The molecule has 5 heteroatoms. The molecule has 3 aromatic rings. The molecule has 0 spiro atoms. The van der Waals surface area contributed by atoms with Crippen molar-refractivity contribution < 1.29 is 14.3 Å². The third kappa shape index (κ3) is 4.12. The number of carbonyl (C=O) groups is 1. The lowest BCUT2D eigenvalue weighted by Gasteiger charge is -2.09. The van der Waals surface area contributed by atoms with E-state index in [4.69, 9.17) is 9.47 Å². The van der Waals surface area contributed by atoms with Crippen molar-refractivity contribution in [1.82, 2.24) is 4.57 Å². The Morgan fingerprint density at radius 2 is 1.64 bits per heavy atom. The summed E-state index contributed by atoms with van der Waals surface area (Å²) in [6.45, 7) is 5.41. The summed E-state index contributed by atoms with van der Waals surface area (Å²) >= 11 is 0. The molecule has 0 saturated carbocycles. The van der Waals surface area contributed by atoms with Crippen LogP contribution in [0.25, 0.3) is 10.9 Å². The molecule has 2 aromatic carbocycles. The second-order valence-corrected chi connectivity index (χ2v) is 5.60. The van der Waals surface area contributed by atoms with E-state index in [1.54, 1.807) is 0 Å². The zero-order valence-electron chi connectivity index (χ0n) is 14.5. The molecule has 0 aliphatic heterocycles. The Labute approximate surface area is 147 Å². The van der Waals surface area contributed by atoms with Gasteiger partial charge < -0.3 is 19.4 Å². The maximum atomic E-state index is 12.3. The number of nitrogens with zero attached hydrogens (tertiary/aromatic N) is 1. The third-order valence-electron chi connectivity index (χ3n) is 3.82. The van der Waals surface area contributed by atoms with Crippen molar-refractivity contribution in [2.45, 2.75) is 20.4 Å². The summed E-state index contributed by atoms with van der Waals surface area (Å²) in [5.41, 5.74) is 1.76. The van der Waals surface area contributed by atoms with Crippen LogP contribution in [0, 0.1) is 0 Å². The topological polar surface area (TPSA) is 52.5 Å². The molecule has 0 unspecified atom stereocenters. The molecule has 25 heavy (non-hydrogen) atoms. The predicted octanol–water partition coefficient (Wildman–Crippen LogP) is 4.08. The number of fused-ring (bicyclic) bond motifs is 1.